The molecule has 0 aliphatic rings. The van der Waals surface area contributed by atoms with Crippen LogP contribution in [0.15, 0.2) is 86.9 Å². The fraction of sp³-hybridized carbons (Fsp3) is 0.200. The maximum Gasteiger partial charge on any atom is 0.419 e. The molecule has 0 bridgehead atoms. The number of rotatable bonds is 8. The summed E-state index contributed by atoms with van der Waals surface area (Å²) >= 11 is 0. The van der Waals surface area contributed by atoms with Crippen LogP contribution in [0.25, 0.3) is 11.1 Å². The van der Waals surface area contributed by atoms with Gasteiger partial charge in [0.25, 0.3) is 5.91 Å². The molecule has 9 heteroatoms. The number of likely N-dealkylation sites (N-methyl/N-ethyl adjacent to an activating group) is 1. The van der Waals surface area contributed by atoms with Gasteiger partial charge in [-0.05, 0) is 56.1 Å². The first-order chi connectivity index (χ1) is 16.2. The average molecular weight is 480 g/mol. The largest absolute Gasteiger partial charge is 0.419 e. The van der Waals surface area contributed by atoms with Crippen LogP contribution in [0.3, 0.4) is 0 Å². The van der Waals surface area contributed by atoms with E-state index in [2.05, 4.69) is 5.32 Å². The van der Waals surface area contributed by atoms with Gasteiger partial charge in [0.1, 0.15) is 0 Å². The lowest BCUT2D eigenvalue weighted by molar-refractivity contribution is 0.102. The first kappa shape index (κ1) is 23.5. The molecule has 4 aromatic rings. The Kier molecular flexibility index (Phi) is 6.67. The Bertz CT molecular complexity index is 1490. The number of carbonyl (C=O) groups excluding carboxylic acids is 1. The zero-order chi connectivity index (χ0) is 24.3. The van der Waals surface area contributed by atoms with E-state index >= 15 is 0 Å². The van der Waals surface area contributed by atoms with E-state index in [1.807, 2.05) is 25.1 Å². The van der Waals surface area contributed by atoms with E-state index in [0.717, 1.165) is 0 Å². The predicted octanol–water partition coefficient (Wildman–Crippen LogP) is 3.38. The third-order valence-electron chi connectivity index (χ3n) is 5.35. The molecule has 4 rings (SSSR count). The summed E-state index contributed by atoms with van der Waals surface area (Å²) in [5, 5.41) is 2.78. The maximum atomic E-state index is 12.9. The monoisotopic (exact) mass is 479 g/mol. The molecule has 0 aliphatic carbocycles. The highest BCUT2D eigenvalue weighted by molar-refractivity contribution is 7.90. The van der Waals surface area contributed by atoms with Crippen molar-refractivity contribution in [3.05, 3.63) is 94.5 Å². The van der Waals surface area contributed by atoms with Crippen molar-refractivity contribution in [1.82, 2.24) is 9.47 Å². The van der Waals surface area contributed by atoms with Gasteiger partial charge >= 0.3 is 5.76 Å². The fourth-order valence-electron chi connectivity index (χ4n) is 3.56. The number of nitrogens with zero attached hydrogens (tertiary/aromatic N) is 2. The lowest BCUT2D eigenvalue weighted by Gasteiger charge is -2.10. The minimum atomic E-state index is -3.62. The second kappa shape index (κ2) is 9.66. The number of amides is 1. The highest BCUT2D eigenvalue weighted by atomic mass is 32.2. The molecule has 0 radical (unpaired) electrons. The van der Waals surface area contributed by atoms with Crippen molar-refractivity contribution in [2.75, 3.05) is 26.0 Å². The SMILES string of the molecule is CN(C)CCn1c(=O)oc2ccc(NC(=O)c3cccc(S(=O)(=O)Cc4ccccc4)c3)cc21. The summed E-state index contributed by atoms with van der Waals surface area (Å²) in [5.41, 5.74) is 2.35. The summed E-state index contributed by atoms with van der Waals surface area (Å²) in [6.07, 6.45) is 0. The van der Waals surface area contributed by atoms with E-state index in [0.29, 0.717) is 35.4 Å². The van der Waals surface area contributed by atoms with E-state index in [4.69, 9.17) is 4.42 Å². The van der Waals surface area contributed by atoms with Crippen molar-refractivity contribution >= 4 is 32.5 Å². The third-order valence-corrected chi connectivity index (χ3v) is 7.04. The van der Waals surface area contributed by atoms with E-state index in [1.165, 1.54) is 16.7 Å². The number of carbonyl (C=O) groups is 1. The van der Waals surface area contributed by atoms with Crippen LogP contribution >= 0.6 is 0 Å². The zero-order valence-electron chi connectivity index (χ0n) is 18.9. The van der Waals surface area contributed by atoms with Crippen molar-refractivity contribution in [3.8, 4) is 0 Å². The van der Waals surface area contributed by atoms with Crippen molar-refractivity contribution < 1.29 is 17.6 Å². The number of anilines is 1. The maximum absolute atomic E-state index is 12.9. The number of nitrogens with one attached hydrogen (secondary N) is 1. The van der Waals surface area contributed by atoms with Gasteiger partial charge in [-0.1, -0.05) is 36.4 Å². The van der Waals surface area contributed by atoms with Gasteiger partial charge in [-0.2, -0.15) is 0 Å². The number of oxazole rings is 1. The van der Waals surface area contributed by atoms with Crippen LogP contribution in [-0.2, 0) is 22.1 Å². The van der Waals surface area contributed by atoms with E-state index in [1.54, 1.807) is 54.6 Å². The van der Waals surface area contributed by atoms with E-state index in [-0.39, 0.29) is 16.2 Å². The minimum Gasteiger partial charge on any atom is -0.408 e. The molecular formula is C25H25N3O5S. The van der Waals surface area contributed by atoms with Crippen LogP contribution in [0.1, 0.15) is 15.9 Å². The van der Waals surface area contributed by atoms with Gasteiger partial charge in [-0.25, -0.2) is 13.2 Å². The number of aromatic nitrogens is 1. The lowest BCUT2D eigenvalue weighted by Crippen LogP contribution is -2.23. The van der Waals surface area contributed by atoms with Gasteiger partial charge in [0, 0.05) is 24.3 Å². The smallest absolute Gasteiger partial charge is 0.408 e. The first-order valence-electron chi connectivity index (χ1n) is 10.7. The summed E-state index contributed by atoms with van der Waals surface area (Å²) < 4.78 is 32.5. The Morgan fingerprint density at radius 2 is 1.76 bits per heavy atom. The molecule has 0 spiro atoms. The predicted molar refractivity (Wildman–Crippen MR) is 131 cm³/mol. The number of fused-ring (bicyclic) bond motifs is 1. The Labute approximate surface area is 197 Å². The molecule has 1 amide bonds. The molecule has 0 fully saturated rings. The fourth-order valence-corrected chi connectivity index (χ4v) is 4.95. The summed E-state index contributed by atoms with van der Waals surface area (Å²) in [5.74, 6) is -1.07. The van der Waals surface area contributed by atoms with Crippen molar-refractivity contribution in [3.63, 3.8) is 0 Å². The van der Waals surface area contributed by atoms with Crippen LogP contribution in [0.4, 0.5) is 5.69 Å². The summed E-state index contributed by atoms with van der Waals surface area (Å²) in [6.45, 7) is 1.09. The molecular weight excluding hydrogens is 454 g/mol. The molecule has 1 aromatic heterocycles. The lowest BCUT2D eigenvalue weighted by atomic mass is 10.2. The van der Waals surface area contributed by atoms with Crippen LogP contribution in [0.5, 0.6) is 0 Å². The van der Waals surface area contributed by atoms with Crippen molar-refractivity contribution in [2.45, 2.75) is 17.2 Å². The summed E-state index contributed by atoms with van der Waals surface area (Å²) in [4.78, 5) is 27.1. The molecule has 0 saturated carbocycles. The highest BCUT2D eigenvalue weighted by Crippen LogP contribution is 2.21. The molecule has 1 N–H and O–H groups in total. The van der Waals surface area contributed by atoms with E-state index in [9.17, 15) is 18.0 Å². The van der Waals surface area contributed by atoms with Gasteiger partial charge in [-0.3, -0.25) is 9.36 Å². The van der Waals surface area contributed by atoms with Gasteiger partial charge in [-0.15, -0.1) is 0 Å². The number of benzene rings is 3. The minimum absolute atomic E-state index is 0.0758. The number of hydrogen-bond donors (Lipinski definition) is 1. The Hall–Kier alpha value is -3.69. The van der Waals surface area contributed by atoms with Crippen LogP contribution < -0.4 is 11.1 Å². The molecule has 0 unspecified atom stereocenters. The topological polar surface area (TPSA) is 102 Å². The van der Waals surface area contributed by atoms with Crippen LogP contribution in [0.2, 0.25) is 0 Å². The number of sulfone groups is 1. The van der Waals surface area contributed by atoms with Gasteiger partial charge in [0.05, 0.1) is 16.2 Å². The summed E-state index contributed by atoms with van der Waals surface area (Å²) in [7, 11) is 0.198. The zero-order valence-corrected chi connectivity index (χ0v) is 19.7. The van der Waals surface area contributed by atoms with Crippen LogP contribution in [0, 0.1) is 0 Å². The van der Waals surface area contributed by atoms with Crippen molar-refractivity contribution in [1.29, 1.82) is 0 Å². The molecule has 0 aliphatic heterocycles. The first-order valence-corrected chi connectivity index (χ1v) is 12.3. The Balaban J connectivity index is 1.56. The molecule has 176 valence electrons. The Morgan fingerprint density at radius 3 is 2.50 bits per heavy atom. The van der Waals surface area contributed by atoms with Gasteiger partial charge in [0.2, 0.25) is 0 Å². The average Bonchev–Trinajstić information content (AvgIpc) is 3.12. The quantitative estimate of drug-likeness (QED) is 0.416. The standard InChI is InChI=1S/C25H25N3O5S/c1-27(2)13-14-28-22-16-20(11-12-23(22)33-25(28)30)26-24(29)19-9-6-10-21(15-19)34(31,32)17-18-7-4-3-5-8-18/h3-12,15-16H,13-14,17H2,1-2H3,(H,26,29). The number of hydrogen-bond acceptors (Lipinski definition) is 6. The molecule has 0 saturated heterocycles. The van der Waals surface area contributed by atoms with Gasteiger partial charge < -0.3 is 14.6 Å². The second-order valence-corrected chi connectivity index (χ2v) is 10.2. The normalized spacial score (nSPS) is 11.7. The second-order valence-electron chi connectivity index (χ2n) is 8.23. The van der Waals surface area contributed by atoms with Gasteiger partial charge in [0.15, 0.2) is 15.4 Å². The highest BCUT2D eigenvalue weighted by Gasteiger charge is 2.18. The van der Waals surface area contributed by atoms with E-state index < -0.39 is 21.5 Å². The molecule has 34 heavy (non-hydrogen) atoms. The van der Waals surface area contributed by atoms with Crippen molar-refractivity contribution in [2.24, 2.45) is 0 Å². The molecule has 0 atom stereocenters. The summed E-state index contributed by atoms with van der Waals surface area (Å²) in [6, 6.07) is 19.8. The molecule has 1 heterocycles. The Morgan fingerprint density at radius 1 is 1.00 bits per heavy atom. The molecule has 3 aromatic carbocycles. The van der Waals surface area contributed by atoms with Crippen LogP contribution in [-0.4, -0.2) is 44.4 Å². The molecule has 8 nitrogen and oxygen atoms in total. The third kappa shape index (κ3) is 5.27.